The van der Waals surface area contributed by atoms with Gasteiger partial charge in [-0.15, -0.1) is 0 Å². The van der Waals surface area contributed by atoms with E-state index in [1.807, 2.05) is 36.4 Å². The molecule has 144 valence electrons. The van der Waals surface area contributed by atoms with Crippen LogP contribution in [0.25, 0.3) is 0 Å². The third-order valence-corrected chi connectivity index (χ3v) is 5.17. The lowest BCUT2D eigenvalue weighted by molar-refractivity contribution is -0.139. The highest BCUT2D eigenvalue weighted by atomic mass is 16.5. The number of carbonyl (C=O) groups excluding carboxylic acids is 1. The Labute approximate surface area is 160 Å². The van der Waals surface area contributed by atoms with Crippen molar-refractivity contribution >= 4 is 11.9 Å². The fourth-order valence-electron chi connectivity index (χ4n) is 3.22. The highest BCUT2D eigenvalue weighted by Gasteiger charge is 2.40. The van der Waals surface area contributed by atoms with Gasteiger partial charge in [0.2, 0.25) is 5.90 Å². The summed E-state index contributed by atoms with van der Waals surface area (Å²) in [5.41, 5.74) is 1.66. The van der Waals surface area contributed by atoms with Crippen molar-refractivity contribution < 1.29 is 19.0 Å². The predicted molar refractivity (Wildman–Crippen MR) is 105 cm³/mol. The highest BCUT2D eigenvalue weighted by molar-refractivity contribution is 5.95. The summed E-state index contributed by atoms with van der Waals surface area (Å²) >= 11 is 0. The molecule has 0 bridgehead atoms. The summed E-state index contributed by atoms with van der Waals surface area (Å²) < 4.78 is 16.9. The van der Waals surface area contributed by atoms with Crippen LogP contribution in [-0.2, 0) is 19.0 Å². The van der Waals surface area contributed by atoms with E-state index >= 15 is 0 Å². The topological polar surface area (TPSA) is 57.1 Å². The number of rotatable bonds is 7. The van der Waals surface area contributed by atoms with Gasteiger partial charge in [0, 0.05) is 12.0 Å². The Morgan fingerprint density at radius 2 is 2.11 bits per heavy atom. The van der Waals surface area contributed by atoms with Crippen LogP contribution in [0.1, 0.15) is 45.1 Å². The molecule has 1 aliphatic carbocycles. The molecular weight excluding hydrogens is 342 g/mol. The molecule has 1 heterocycles. The Morgan fingerprint density at radius 3 is 2.85 bits per heavy atom. The van der Waals surface area contributed by atoms with E-state index in [0.717, 1.165) is 36.2 Å². The first-order chi connectivity index (χ1) is 13.0. The van der Waals surface area contributed by atoms with Crippen LogP contribution in [0.3, 0.4) is 0 Å². The molecule has 5 heteroatoms. The molecule has 3 rings (SSSR count). The maximum absolute atomic E-state index is 11.4. The minimum absolute atomic E-state index is 0.0575. The Hall–Kier alpha value is -2.56. The second-order valence-electron chi connectivity index (χ2n) is 7.19. The van der Waals surface area contributed by atoms with Gasteiger partial charge in [0.05, 0.1) is 26.2 Å². The smallest absolute Gasteiger partial charge is 0.309 e. The lowest BCUT2D eigenvalue weighted by Gasteiger charge is -2.28. The second-order valence-corrected chi connectivity index (χ2v) is 7.19. The fourth-order valence-corrected chi connectivity index (χ4v) is 3.22. The number of ether oxygens (including phenoxy) is 3. The van der Waals surface area contributed by atoms with Crippen molar-refractivity contribution in [2.45, 2.75) is 51.2 Å². The quantitative estimate of drug-likeness (QED) is 0.677. The fraction of sp³-hybridized carbons (Fsp3) is 0.455. The monoisotopic (exact) mass is 369 g/mol. The van der Waals surface area contributed by atoms with Crippen molar-refractivity contribution in [2.75, 3.05) is 13.7 Å². The van der Waals surface area contributed by atoms with Gasteiger partial charge >= 0.3 is 5.97 Å². The summed E-state index contributed by atoms with van der Waals surface area (Å²) in [6.45, 7) is 4.69. The van der Waals surface area contributed by atoms with Crippen LogP contribution in [0.2, 0.25) is 0 Å². The van der Waals surface area contributed by atoms with E-state index < -0.39 is 0 Å². The van der Waals surface area contributed by atoms with Crippen LogP contribution in [0, 0.1) is 0 Å². The van der Waals surface area contributed by atoms with Gasteiger partial charge in [-0.1, -0.05) is 23.8 Å². The first kappa shape index (κ1) is 19.2. The van der Waals surface area contributed by atoms with Crippen molar-refractivity contribution in [2.24, 2.45) is 4.99 Å². The molecule has 0 spiro atoms. The Balaban J connectivity index is 1.53. The summed E-state index contributed by atoms with van der Waals surface area (Å²) in [7, 11) is 1.41. The number of methoxy groups -OCH3 is 1. The average Bonchev–Trinajstić information content (AvgIpc) is 2.97. The first-order valence-corrected chi connectivity index (χ1v) is 9.41. The molecule has 0 saturated heterocycles. The molecule has 1 aromatic carbocycles. The van der Waals surface area contributed by atoms with Crippen molar-refractivity contribution in [1.82, 2.24) is 0 Å². The molecule has 0 amide bonds. The zero-order valence-corrected chi connectivity index (χ0v) is 16.2. The number of allylic oxidation sites excluding steroid dienone is 2. The van der Waals surface area contributed by atoms with Gasteiger partial charge in [-0.3, -0.25) is 4.79 Å². The van der Waals surface area contributed by atoms with Crippen LogP contribution < -0.4 is 0 Å². The molecule has 1 aromatic rings. The molecule has 1 aliphatic heterocycles. The Kier molecular flexibility index (Phi) is 5.99. The molecule has 2 atom stereocenters. The molecule has 0 N–H and O–H groups in total. The molecule has 27 heavy (non-hydrogen) atoms. The number of hydrogen-bond donors (Lipinski definition) is 0. The van der Waals surface area contributed by atoms with Crippen LogP contribution in [0.4, 0.5) is 0 Å². The molecule has 0 fully saturated rings. The van der Waals surface area contributed by atoms with E-state index in [4.69, 9.17) is 19.2 Å². The van der Waals surface area contributed by atoms with Gasteiger partial charge in [-0.25, -0.2) is 4.99 Å². The van der Waals surface area contributed by atoms with E-state index in [0.29, 0.717) is 18.9 Å². The van der Waals surface area contributed by atoms with Gasteiger partial charge in [0.25, 0.3) is 0 Å². The van der Waals surface area contributed by atoms with Crippen molar-refractivity contribution in [3.8, 4) is 0 Å². The van der Waals surface area contributed by atoms with Gasteiger partial charge in [-0.2, -0.15) is 0 Å². The molecule has 0 radical (unpaired) electrons. The maximum atomic E-state index is 11.4. The summed E-state index contributed by atoms with van der Waals surface area (Å²) in [6.07, 6.45) is 6.81. The largest absolute Gasteiger partial charge is 0.494 e. The molecule has 5 nitrogen and oxygen atoms in total. The average molecular weight is 369 g/mol. The normalized spacial score (nSPS) is 24.4. The van der Waals surface area contributed by atoms with Gasteiger partial charge < -0.3 is 14.2 Å². The lowest BCUT2D eigenvalue weighted by Crippen LogP contribution is -2.36. The summed E-state index contributed by atoms with van der Waals surface area (Å²) in [5, 5.41) is 0. The van der Waals surface area contributed by atoms with Gasteiger partial charge in [0.15, 0.2) is 0 Å². The third-order valence-electron chi connectivity index (χ3n) is 5.17. The molecule has 2 aliphatic rings. The molecule has 0 saturated carbocycles. The first-order valence-electron chi connectivity index (χ1n) is 9.41. The zero-order valence-electron chi connectivity index (χ0n) is 16.2. The number of carbonyl (C=O) groups is 1. The zero-order chi connectivity index (χ0) is 19.3. The van der Waals surface area contributed by atoms with Crippen molar-refractivity contribution in [1.29, 1.82) is 0 Å². The number of esters is 1. The van der Waals surface area contributed by atoms with Crippen molar-refractivity contribution in [3.05, 3.63) is 59.4 Å². The number of benzene rings is 1. The number of nitrogens with zero attached hydrogens (tertiary/aromatic N) is 1. The SMILES string of the molecule is COC(=O)CC1=CC(OCCC2(C)OC(c3ccccc3)=NC2C)=CCC1. The molecular formula is C22H27NO4. The van der Waals surface area contributed by atoms with E-state index in [2.05, 4.69) is 19.9 Å². The predicted octanol–water partition coefficient (Wildman–Crippen LogP) is 4.18. The Morgan fingerprint density at radius 1 is 1.33 bits per heavy atom. The lowest BCUT2D eigenvalue weighted by atomic mass is 9.95. The van der Waals surface area contributed by atoms with E-state index in [1.165, 1.54) is 7.11 Å². The minimum Gasteiger partial charge on any atom is -0.494 e. The van der Waals surface area contributed by atoms with Crippen LogP contribution in [0.15, 0.2) is 58.8 Å². The maximum Gasteiger partial charge on any atom is 0.309 e. The third kappa shape index (κ3) is 4.79. The van der Waals surface area contributed by atoms with Gasteiger partial charge in [-0.05, 0) is 51.0 Å². The van der Waals surface area contributed by atoms with Crippen molar-refractivity contribution in [3.63, 3.8) is 0 Å². The minimum atomic E-state index is -0.390. The number of hydrogen-bond acceptors (Lipinski definition) is 5. The van der Waals surface area contributed by atoms with E-state index in [9.17, 15) is 4.79 Å². The van der Waals surface area contributed by atoms with Crippen LogP contribution in [-0.4, -0.2) is 37.2 Å². The number of aliphatic imine (C=N–C) groups is 1. The summed E-state index contributed by atoms with van der Waals surface area (Å²) in [4.78, 5) is 16.1. The van der Waals surface area contributed by atoms with E-state index in [-0.39, 0.29) is 17.6 Å². The van der Waals surface area contributed by atoms with E-state index in [1.54, 1.807) is 0 Å². The molecule has 0 aromatic heterocycles. The Bertz CT molecular complexity index is 766. The summed E-state index contributed by atoms with van der Waals surface area (Å²) in [6, 6.07) is 10.0. The molecule has 2 unspecified atom stereocenters. The standard InChI is InChI=1S/C22H27NO4/c1-16-22(2,27-21(23-16)18-9-5-4-6-10-18)12-13-26-19-11-7-8-17(14-19)15-20(24)25-3/h4-6,9-11,14,16H,7-8,12-13,15H2,1-3H3. The second kappa shape index (κ2) is 8.42. The summed E-state index contributed by atoms with van der Waals surface area (Å²) in [5.74, 6) is 1.30. The van der Waals surface area contributed by atoms with Gasteiger partial charge in [0.1, 0.15) is 11.4 Å². The van der Waals surface area contributed by atoms with Crippen LogP contribution >= 0.6 is 0 Å². The van der Waals surface area contributed by atoms with Crippen LogP contribution in [0.5, 0.6) is 0 Å². The highest BCUT2D eigenvalue weighted by Crippen LogP contribution is 2.31.